The lowest BCUT2D eigenvalue weighted by molar-refractivity contribution is -0.172. The van der Waals surface area contributed by atoms with Crippen molar-refractivity contribution in [2.75, 3.05) is 0 Å². The van der Waals surface area contributed by atoms with Gasteiger partial charge in [-0.3, -0.25) is 4.79 Å². The molecule has 0 spiro atoms. The standard InChI is InChI=1S/C16H28O3/c1-4-15(2,3)14(18)19-16-8-5-6-13(17)10-12(11-16)7-9-16/h12-13,17H,4-11H2,1-3H3. The third-order valence-corrected chi connectivity index (χ3v) is 5.19. The van der Waals surface area contributed by atoms with Crippen LogP contribution in [-0.2, 0) is 9.53 Å². The van der Waals surface area contributed by atoms with E-state index in [4.69, 9.17) is 4.74 Å². The van der Waals surface area contributed by atoms with E-state index in [1.54, 1.807) is 0 Å². The zero-order chi connectivity index (χ0) is 14.1. The molecule has 0 aliphatic heterocycles. The van der Waals surface area contributed by atoms with Gasteiger partial charge in [0.05, 0.1) is 11.5 Å². The third kappa shape index (κ3) is 3.31. The fraction of sp³-hybridized carbons (Fsp3) is 0.938. The second-order valence-corrected chi connectivity index (χ2v) is 7.20. The van der Waals surface area contributed by atoms with Crippen molar-refractivity contribution < 1.29 is 14.6 Å². The van der Waals surface area contributed by atoms with Crippen LogP contribution in [0.3, 0.4) is 0 Å². The van der Waals surface area contributed by atoms with Crippen LogP contribution in [0.4, 0.5) is 0 Å². The van der Waals surface area contributed by atoms with Crippen molar-refractivity contribution in [2.45, 2.75) is 83.8 Å². The van der Waals surface area contributed by atoms with Crippen LogP contribution in [-0.4, -0.2) is 22.8 Å². The average Bonchev–Trinajstić information content (AvgIpc) is 2.72. The minimum Gasteiger partial charge on any atom is -0.459 e. The second-order valence-electron chi connectivity index (χ2n) is 7.20. The van der Waals surface area contributed by atoms with Gasteiger partial charge in [0.15, 0.2) is 0 Å². The maximum atomic E-state index is 12.3. The van der Waals surface area contributed by atoms with Gasteiger partial charge in [0, 0.05) is 0 Å². The molecule has 2 bridgehead atoms. The number of esters is 1. The van der Waals surface area contributed by atoms with Crippen molar-refractivity contribution in [3.63, 3.8) is 0 Å². The summed E-state index contributed by atoms with van der Waals surface area (Å²) < 4.78 is 5.98. The third-order valence-electron chi connectivity index (χ3n) is 5.19. The molecular weight excluding hydrogens is 240 g/mol. The number of ether oxygens (including phenoxy) is 1. The lowest BCUT2D eigenvalue weighted by Crippen LogP contribution is -2.39. The first-order valence-electron chi connectivity index (χ1n) is 7.78. The predicted octanol–water partition coefficient (Wildman–Crippen LogP) is 3.44. The number of hydrogen-bond donors (Lipinski definition) is 1. The van der Waals surface area contributed by atoms with Crippen LogP contribution in [0.15, 0.2) is 0 Å². The molecule has 3 unspecified atom stereocenters. The lowest BCUT2D eigenvalue weighted by atomic mass is 9.85. The van der Waals surface area contributed by atoms with Gasteiger partial charge in [-0.2, -0.15) is 0 Å². The predicted molar refractivity (Wildman–Crippen MR) is 74.7 cm³/mol. The number of aliphatic hydroxyl groups excluding tert-OH is 1. The van der Waals surface area contributed by atoms with Crippen molar-refractivity contribution in [2.24, 2.45) is 11.3 Å². The zero-order valence-corrected chi connectivity index (χ0v) is 12.6. The minimum absolute atomic E-state index is 0.0447. The Bertz CT molecular complexity index is 337. The molecule has 0 saturated heterocycles. The molecule has 0 radical (unpaired) electrons. The highest BCUT2D eigenvalue weighted by molar-refractivity contribution is 5.76. The maximum Gasteiger partial charge on any atom is 0.312 e. The summed E-state index contributed by atoms with van der Waals surface area (Å²) in [6, 6.07) is 0. The fourth-order valence-corrected chi connectivity index (χ4v) is 3.41. The van der Waals surface area contributed by atoms with Crippen molar-refractivity contribution in [3.8, 4) is 0 Å². The Morgan fingerprint density at radius 1 is 1.37 bits per heavy atom. The van der Waals surface area contributed by atoms with Gasteiger partial charge in [0.1, 0.15) is 5.60 Å². The van der Waals surface area contributed by atoms with Crippen molar-refractivity contribution in [1.29, 1.82) is 0 Å². The largest absolute Gasteiger partial charge is 0.459 e. The summed E-state index contributed by atoms with van der Waals surface area (Å²) in [7, 11) is 0. The van der Waals surface area contributed by atoms with Gasteiger partial charge in [0.25, 0.3) is 0 Å². The van der Waals surface area contributed by atoms with E-state index in [2.05, 4.69) is 0 Å². The molecule has 2 rings (SSSR count). The van der Waals surface area contributed by atoms with Gasteiger partial charge in [-0.05, 0) is 71.1 Å². The summed E-state index contributed by atoms with van der Waals surface area (Å²) in [6.45, 7) is 5.96. The molecule has 19 heavy (non-hydrogen) atoms. The Kier molecular flexibility index (Phi) is 4.24. The van der Waals surface area contributed by atoms with Gasteiger partial charge >= 0.3 is 5.97 Å². The molecule has 0 heterocycles. The molecule has 2 saturated carbocycles. The smallest absolute Gasteiger partial charge is 0.312 e. The zero-order valence-electron chi connectivity index (χ0n) is 12.6. The maximum absolute atomic E-state index is 12.3. The Balaban J connectivity index is 2.04. The van der Waals surface area contributed by atoms with Crippen molar-refractivity contribution >= 4 is 5.97 Å². The van der Waals surface area contributed by atoms with Crippen molar-refractivity contribution in [1.82, 2.24) is 0 Å². The summed E-state index contributed by atoms with van der Waals surface area (Å²) in [4.78, 5) is 12.3. The molecule has 0 aromatic carbocycles. The summed E-state index contributed by atoms with van der Waals surface area (Å²) in [5, 5.41) is 9.86. The van der Waals surface area contributed by atoms with Crippen LogP contribution in [0, 0.1) is 11.3 Å². The van der Waals surface area contributed by atoms with E-state index in [-0.39, 0.29) is 23.1 Å². The Morgan fingerprint density at radius 2 is 2.11 bits per heavy atom. The van der Waals surface area contributed by atoms with E-state index in [1.807, 2.05) is 20.8 Å². The summed E-state index contributed by atoms with van der Waals surface area (Å²) in [5.41, 5.74) is -0.608. The molecule has 2 fully saturated rings. The molecule has 2 aliphatic rings. The molecule has 3 heteroatoms. The number of fused-ring (bicyclic) bond motifs is 2. The highest BCUT2D eigenvalue weighted by Gasteiger charge is 2.45. The molecule has 3 atom stereocenters. The lowest BCUT2D eigenvalue weighted by Gasteiger charge is -2.35. The van der Waals surface area contributed by atoms with Crippen LogP contribution >= 0.6 is 0 Å². The van der Waals surface area contributed by atoms with E-state index < -0.39 is 0 Å². The number of carbonyl (C=O) groups is 1. The monoisotopic (exact) mass is 268 g/mol. The van der Waals surface area contributed by atoms with Gasteiger partial charge in [-0.1, -0.05) is 6.92 Å². The van der Waals surface area contributed by atoms with Crippen molar-refractivity contribution in [3.05, 3.63) is 0 Å². The normalized spacial score (nSPS) is 35.6. The van der Waals surface area contributed by atoms with E-state index in [0.29, 0.717) is 5.92 Å². The molecule has 2 aliphatic carbocycles. The molecular formula is C16H28O3. The molecule has 110 valence electrons. The molecule has 1 N–H and O–H groups in total. The molecule has 0 amide bonds. The van der Waals surface area contributed by atoms with Gasteiger partial charge < -0.3 is 9.84 Å². The topological polar surface area (TPSA) is 46.5 Å². The number of rotatable bonds is 3. The van der Waals surface area contributed by atoms with Crippen LogP contribution in [0.2, 0.25) is 0 Å². The SMILES string of the molecule is CCC(C)(C)C(=O)OC12CCCC(O)CC(CC1)C2. The summed E-state index contributed by atoms with van der Waals surface area (Å²) in [6.07, 6.45) is 7.32. The average molecular weight is 268 g/mol. The van der Waals surface area contributed by atoms with Crippen LogP contribution < -0.4 is 0 Å². The number of hydrogen-bond acceptors (Lipinski definition) is 3. The highest BCUT2D eigenvalue weighted by Crippen LogP contribution is 2.46. The Labute approximate surface area is 116 Å². The van der Waals surface area contributed by atoms with E-state index in [1.165, 1.54) is 0 Å². The Hall–Kier alpha value is -0.570. The Morgan fingerprint density at radius 3 is 2.79 bits per heavy atom. The molecule has 3 nitrogen and oxygen atoms in total. The van der Waals surface area contributed by atoms with E-state index >= 15 is 0 Å². The first-order valence-corrected chi connectivity index (χ1v) is 7.78. The second kappa shape index (κ2) is 5.43. The highest BCUT2D eigenvalue weighted by atomic mass is 16.6. The first kappa shape index (κ1) is 14.8. The van der Waals surface area contributed by atoms with E-state index in [0.717, 1.165) is 51.4 Å². The number of aliphatic hydroxyl groups is 1. The summed E-state index contributed by atoms with van der Waals surface area (Å²) in [5.74, 6) is 0.490. The number of carbonyl (C=O) groups excluding carboxylic acids is 1. The van der Waals surface area contributed by atoms with E-state index in [9.17, 15) is 9.90 Å². The van der Waals surface area contributed by atoms with Crippen LogP contribution in [0.25, 0.3) is 0 Å². The van der Waals surface area contributed by atoms with Gasteiger partial charge in [-0.15, -0.1) is 0 Å². The summed E-state index contributed by atoms with van der Waals surface area (Å²) >= 11 is 0. The quantitative estimate of drug-likeness (QED) is 0.798. The fourth-order valence-electron chi connectivity index (χ4n) is 3.41. The minimum atomic E-state index is -0.380. The first-order chi connectivity index (χ1) is 8.87. The molecule has 0 aromatic heterocycles. The van der Waals surface area contributed by atoms with Gasteiger partial charge in [-0.25, -0.2) is 0 Å². The van der Waals surface area contributed by atoms with Crippen LogP contribution in [0.1, 0.15) is 72.1 Å². The van der Waals surface area contributed by atoms with Crippen LogP contribution in [0.5, 0.6) is 0 Å². The molecule has 0 aromatic rings. The van der Waals surface area contributed by atoms with Gasteiger partial charge in [0.2, 0.25) is 0 Å².